The Kier molecular flexibility index (Phi) is 6.52. The minimum Gasteiger partial charge on any atom is -0.493 e. The Labute approximate surface area is 193 Å². The van der Waals surface area contributed by atoms with Crippen molar-refractivity contribution in [3.8, 4) is 11.5 Å². The smallest absolute Gasteiger partial charge is 0.350 e. The van der Waals surface area contributed by atoms with Gasteiger partial charge in [-0.05, 0) is 36.1 Å². The van der Waals surface area contributed by atoms with Crippen molar-refractivity contribution in [1.82, 2.24) is 9.99 Å². The molecule has 2 aromatic heterocycles. The Morgan fingerprint density at radius 1 is 1.19 bits per heavy atom. The van der Waals surface area contributed by atoms with E-state index < -0.39 is 18.5 Å². The highest BCUT2D eigenvalue weighted by molar-refractivity contribution is 7.13. The Balaban J connectivity index is 1.57. The van der Waals surface area contributed by atoms with E-state index >= 15 is 0 Å². The first-order valence-corrected chi connectivity index (χ1v) is 11.4. The van der Waals surface area contributed by atoms with Gasteiger partial charge in [-0.15, -0.1) is 22.7 Å². The number of ether oxygens (including phenoxy) is 3. The molecule has 1 unspecified atom stereocenters. The molecule has 1 atom stereocenters. The molecule has 0 spiro atoms. The van der Waals surface area contributed by atoms with E-state index in [9.17, 15) is 9.59 Å². The maximum Gasteiger partial charge on any atom is 0.350 e. The number of hydrogen-bond donors (Lipinski definition) is 0. The molecule has 0 aliphatic carbocycles. The third kappa shape index (κ3) is 4.51. The van der Waals surface area contributed by atoms with E-state index in [-0.39, 0.29) is 6.04 Å². The van der Waals surface area contributed by atoms with Gasteiger partial charge in [-0.2, -0.15) is 5.10 Å². The van der Waals surface area contributed by atoms with Gasteiger partial charge in [0, 0.05) is 6.42 Å². The normalized spacial score (nSPS) is 15.4. The summed E-state index contributed by atoms with van der Waals surface area (Å²) in [6.07, 6.45) is 1.98. The Morgan fingerprint density at radius 3 is 2.66 bits per heavy atom. The first-order valence-electron chi connectivity index (χ1n) is 9.75. The van der Waals surface area contributed by atoms with Crippen molar-refractivity contribution < 1.29 is 23.8 Å². The Hall–Kier alpha value is -3.24. The van der Waals surface area contributed by atoms with Crippen LogP contribution in [-0.2, 0) is 9.53 Å². The lowest BCUT2D eigenvalue weighted by atomic mass is 10.0. The molecule has 0 saturated heterocycles. The van der Waals surface area contributed by atoms with Crippen LogP contribution in [0.5, 0.6) is 11.5 Å². The largest absolute Gasteiger partial charge is 0.493 e. The van der Waals surface area contributed by atoms with Crippen molar-refractivity contribution in [2.75, 3.05) is 20.8 Å². The zero-order valence-corrected chi connectivity index (χ0v) is 19.4. The lowest BCUT2D eigenvalue weighted by Gasteiger charge is -2.22. The van der Waals surface area contributed by atoms with Gasteiger partial charge in [0.2, 0.25) is 0 Å². The fraction of sp³-hybridized carbons (Fsp3) is 0.273. The first-order chi connectivity index (χ1) is 15.5. The van der Waals surface area contributed by atoms with Crippen LogP contribution in [0, 0.1) is 6.92 Å². The quantitative estimate of drug-likeness (QED) is 0.483. The number of hydrazone groups is 1. The van der Waals surface area contributed by atoms with Crippen LogP contribution < -0.4 is 9.47 Å². The zero-order valence-electron chi connectivity index (χ0n) is 17.7. The topological polar surface area (TPSA) is 90.3 Å². The van der Waals surface area contributed by atoms with Gasteiger partial charge in [-0.3, -0.25) is 4.79 Å². The van der Waals surface area contributed by atoms with Crippen LogP contribution in [0.3, 0.4) is 0 Å². The highest BCUT2D eigenvalue weighted by atomic mass is 32.1. The van der Waals surface area contributed by atoms with Gasteiger partial charge in [-0.1, -0.05) is 12.1 Å². The fourth-order valence-electron chi connectivity index (χ4n) is 3.37. The molecule has 1 aliphatic rings. The highest BCUT2D eigenvalue weighted by Crippen LogP contribution is 2.37. The summed E-state index contributed by atoms with van der Waals surface area (Å²) < 4.78 is 16.0. The molecule has 3 heterocycles. The predicted octanol–water partition coefficient (Wildman–Crippen LogP) is 4.06. The van der Waals surface area contributed by atoms with Gasteiger partial charge in [-0.25, -0.2) is 14.8 Å². The summed E-state index contributed by atoms with van der Waals surface area (Å²) in [5.74, 6) is 0.175. The lowest BCUT2D eigenvalue weighted by Crippen LogP contribution is -2.31. The molecule has 1 aromatic carbocycles. The van der Waals surface area contributed by atoms with E-state index in [4.69, 9.17) is 14.2 Å². The number of aromatic nitrogens is 1. The van der Waals surface area contributed by atoms with Crippen molar-refractivity contribution in [2.45, 2.75) is 19.4 Å². The molecule has 166 valence electrons. The molecule has 0 bridgehead atoms. The summed E-state index contributed by atoms with van der Waals surface area (Å²) in [6, 6.07) is 9.07. The van der Waals surface area contributed by atoms with Gasteiger partial charge in [0.05, 0.1) is 42.1 Å². The molecule has 4 rings (SSSR count). The Morgan fingerprint density at radius 2 is 2.00 bits per heavy atom. The van der Waals surface area contributed by atoms with Gasteiger partial charge >= 0.3 is 5.97 Å². The van der Waals surface area contributed by atoms with Crippen molar-refractivity contribution in [3.63, 3.8) is 0 Å². The highest BCUT2D eigenvalue weighted by Gasteiger charge is 2.34. The molecule has 1 aliphatic heterocycles. The second-order valence-electron chi connectivity index (χ2n) is 6.92. The molecule has 3 aromatic rings. The molecule has 32 heavy (non-hydrogen) atoms. The fourth-order valence-corrected chi connectivity index (χ4v) is 4.76. The van der Waals surface area contributed by atoms with Crippen molar-refractivity contribution in [3.05, 3.63) is 62.2 Å². The number of benzene rings is 1. The number of nitrogens with zero attached hydrogens (tertiary/aromatic N) is 3. The molecule has 0 N–H and O–H groups in total. The van der Waals surface area contributed by atoms with E-state index in [0.717, 1.165) is 21.2 Å². The van der Waals surface area contributed by atoms with Crippen LogP contribution in [0.4, 0.5) is 0 Å². The number of amides is 1. The zero-order chi connectivity index (χ0) is 22.7. The maximum absolute atomic E-state index is 13.0. The number of thiophene rings is 1. The molecule has 1 amide bonds. The standard InChI is InChI=1S/C22H21N3O5S2/c1-13-23-11-20(32-13)22(27)30-12-21(26)25-16(10-15(24-25)19-5-4-8-31-19)14-6-7-17(28-2)18(9-14)29-3/h4-9,11,16H,10,12H2,1-3H3. The summed E-state index contributed by atoms with van der Waals surface area (Å²) in [4.78, 5) is 30.7. The summed E-state index contributed by atoms with van der Waals surface area (Å²) in [5, 5.41) is 8.69. The number of thiazole rings is 1. The predicted molar refractivity (Wildman–Crippen MR) is 122 cm³/mol. The van der Waals surface area contributed by atoms with Gasteiger partial charge in [0.15, 0.2) is 18.1 Å². The summed E-state index contributed by atoms with van der Waals surface area (Å²) >= 11 is 2.78. The summed E-state index contributed by atoms with van der Waals surface area (Å²) in [5.41, 5.74) is 1.65. The van der Waals surface area contributed by atoms with E-state index in [2.05, 4.69) is 10.1 Å². The third-order valence-electron chi connectivity index (χ3n) is 4.91. The van der Waals surface area contributed by atoms with Crippen LogP contribution >= 0.6 is 22.7 Å². The van der Waals surface area contributed by atoms with Crippen molar-refractivity contribution in [2.24, 2.45) is 5.10 Å². The van der Waals surface area contributed by atoms with Crippen LogP contribution in [0.2, 0.25) is 0 Å². The van der Waals surface area contributed by atoms with Crippen LogP contribution in [-0.4, -0.2) is 48.4 Å². The third-order valence-corrected chi connectivity index (χ3v) is 6.72. The number of methoxy groups -OCH3 is 2. The summed E-state index contributed by atoms with van der Waals surface area (Å²) in [6.45, 7) is 1.38. The number of aryl methyl sites for hydroxylation is 1. The monoisotopic (exact) mass is 471 g/mol. The molecule has 8 nitrogen and oxygen atoms in total. The van der Waals surface area contributed by atoms with Crippen LogP contribution in [0.15, 0.2) is 47.0 Å². The van der Waals surface area contributed by atoms with Crippen LogP contribution in [0.25, 0.3) is 0 Å². The molecular formula is C22H21N3O5S2. The minimum absolute atomic E-state index is 0.357. The summed E-state index contributed by atoms with van der Waals surface area (Å²) in [7, 11) is 3.13. The van der Waals surface area contributed by atoms with E-state index in [1.165, 1.54) is 22.5 Å². The number of hydrogen-bond acceptors (Lipinski definition) is 9. The average Bonchev–Trinajstić information content (AvgIpc) is 3.57. The number of rotatable bonds is 7. The van der Waals surface area contributed by atoms with E-state index in [0.29, 0.717) is 22.8 Å². The van der Waals surface area contributed by atoms with E-state index in [1.807, 2.05) is 29.6 Å². The second-order valence-corrected chi connectivity index (χ2v) is 9.10. The van der Waals surface area contributed by atoms with Crippen molar-refractivity contribution in [1.29, 1.82) is 0 Å². The second kappa shape index (κ2) is 9.49. The van der Waals surface area contributed by atoms with Crippen LogP contribution in [0.1, 0.15) is 37.6 Å². The molecule has 0 saturated carbocycles. The minimum atomic E-state index is -0.576. The lowest BCUT2D eigenvalue weighted by molar-refractivity contribution is -0.136. The average molecular weight is 472 g/mol. The van der Waals surface area contributed by atoms with Gasteiger partial charge in [0.25, 0.3) is 5.91 Å². The van der Waals surface area contributed by atoms with E-state index in [1.54, 1.807) is 38.5 Å². The molecule has 10 heteroatoms. The van der Waals surface area contributed by atoms with Gasteiger partial charge < -0.3 is 14.2 Å². The number of esters is 1. The number of carbonyl (C=O) groups is 2. The molecule has 0 fully saturated rings. The first kappa shape index (κ1) is 22.0. The Bertz CT molecular complexity index is 1160. The van der Waals surface area contributed by atoms with Gasteiger partial charge in [0.1, 0.15) is 4.88 Å². The SMILES string of the molecule is COc1ccc(C2CC(c3cccs3)=NN2C(=O)COC(=O)c2cnc(C)s2)cc1OC. The van der Waals surface area contributed by atoms with Crippen molar-refractivity contribution >= 4 is 40.3 Å². The molecular weight excluding hydrogens is 450 g/mol. The number of carbonyl (C=O) groups excluding carboxylic acids is 2. The maximum atomic E-state index is 13.0. The molecule has 0 radical (unpaired) electrons.